The van der Waals surface area contributed by atoms with E-state index in [2.05, 4.69) is 20.7 Å². The first-order valence-electron chi connectivity index (χ1n) is 7.03. The number of ether oxygens (including phenoxy) is 1. The van der Waals surface area contributed by atoms with Crippen molar-refractivity contribution in [1.82, 2.24) is 4.72 Å². The molecule has 0 radical (unpaired) electrons. The lowest BCUT2D eigenvalue weighted by atomic mass is 10.3. The Morgan fingerprint density at radius 2 is 1.87 bits per heavy atom. The fraction of sp³-hybridized carbons (Fsp3) is 0.250. The molecule has 0 heterocycles. The summed E-state index contributed by atoms with van der Waals surface area (Å²) in [7, 11) is -0.0900. The van der Waals surface area contributed by atoms with Crippen molar-refractivity contribution in [2.75, 3.05) is 32.1 Å². The van der Waals surface area contributed by atoms with Crippen LogP contribution in [0.1, 0.15) is 0 Å². The van der Waals surface area contributed by atoms with Crippen LogP contribution in [0.4, 0.5) is 5.69 Å². The van der Waals surface area contributed by atoms with E-state index in [-0.39, 0.29) is 4.90 Å². The number of nitrogens with one attached hydrogen (secondary N) is 1. The standard InChI is InChI=1S/C16H19BrN2O3S/c1-19(13-6-4-3-5-7-13)11-10-18-23(20,21)14-8-9-16(22-2)15(17)12-14/h3-9,12,18H,10-11H2,1-2H3. The molecule has 2 rings (SSSR count). The Kier molecular flexibility index (Phi) is 6.04. The average Bonchev–Trinajstić information content (AvgIpc) is 2.55. The highest BCUT2D eigenvalue weighted by Crippen LogP contribution is 2.27. The first kappa shape index (κ1) is 17.8. The van der Waals surface area contributed by atoms with Gasteiger partial charge in [-0.15, -0.1) is 0 Å². The van der Waals surface area contributed by atoms with Gasteiger partial charge in [0.15, 0.2) is 0 Å². The number of likely N-dealkylation sites (N-methyl/N-ethyl adjacent to an activating group) is 1. The molecule has 5 nitrogen and oxygen atoms in total. The zero-order valence-corrected chi connectivity index (χ0v) is 15.4. The van der Waals surface area contributed by atoms with Crippen LogP contribution in [0.5, 0.6) is 5.75 Å². The second-order valence-corrected chi connectivity index (χ2v) is 7.57. The summed E-state index contributed by atoms with van der Waals surface area (Å²) >= 11 is 3.30. The molecule has 0 aromatic heterocycles. The van der Waals surface area contributed by atoms with Crippen LogP contribution < -0.4 is 14.4 Å². The van der Waals surface area contributed by atoms with Crippen molar-refractivity contribution < 1.29 is 13.2 Å². The second-order valence-electron chi connectivity index (χ2n) is 4.95. The predicted molar refractivity (Wildman–Crippen MR) is 95.6 cm³/mol. The molecule has 2 aromatic rings. The molecule has 124 valence electrons. The molecule has 0 unspecified atom stereocenters. The maximum Gasteiger partial charge on any atom is 0.240 e. The van der Waals surface area contributed by atoms with E-state index < -0.39 is 10.0 Å². The van der Waals surface area contributed by atoms with Gasteiger partial charge in [0.05, 0.1) is 16.5 Å². The number of para-hydroxylation sites is 1. The Morgan fingerprint density at radius 1 is 1.17 bits per heavy atom. The van der Waals surface area contributed by atoms with E-state index in [1.807, 2.05) is 42.3 Å². The van der Waals surface area contributed by atoms with Gasteiger partial charge in [0.25, 0.3) is 0 Å². The third-order valence-corrected chi connectivity index (χ3v) is 5.45. The van der Waals surface area contributed by atoms with Gasteiger partial charge in [-0.1, -0.05) is 18.2 Å². The van der Waals surface area contributed by atoms with Crippen LogP contribution in [0.3, 0.4) is 0 Å². The van der Waals surface area contributed by atoms with Crippen LogP contribution in [-0.2, 0) is 10.0 Å². The molecule has 0 aliphatic carbocycles. The summed E-state index contributed by atoms with van der Waals surface area (Å²) in [5.41, 5.74) is 1.04. The number of nitrogens with zero attached hydrogens (tertiary/aromatic N) is 1. The Hall–Kier alpha value is -1.57. The lowest BCUT2D eigenvalue weighted by molar-refractivity contribution is 0.411. The number of hydrogen-bond donors (Lipinski definition) is 1. The molecule has 0 aliphatic rings. The maximum absolute atomic E-state index is 12.3. The van der Waals surface area contributed by atoms with Crippen molar-refractivity contribution >= 4 is 31.6 Å². The first-order chi connectivity index (χ1) is 10.9. The number of halogens is 1. The summed E-state index contributed by atoms with van der Waals surface area (Å²) in [5.74, 6) is 0.591. The van der Waals surface area contributed by atoms with Crippen molar-refractivity contribution in [3.63, 3.8) is 0 Å². The van der Waals surface area contributed by atoms with Crippen LogP contribution in [0.25, 0.3) is 0 Å². The Labute approximate surface area is 145 Å². The van der Waals surface area contributed by atoms with Crippen LogP contribution in [0, 0.1) is 0 Å². The average molecular weight is 399 g/mol. The molecule has 0 bridgehead atoms. The van der Waals surface area contributed by atoms with Crippen molar-refractivity contribution in [2.24, 2.45) is 0 Å². The SMILES string of the molecule is COc1ccc(S(=O)(=O)NCCN(C)c2ccccc2)cc1Br. The molecule has 0 fully saturated rings. The van der Waals surface area contributed by atoms with Gasteiger partial charge < -0.3 is 9.64 Å². The van der Waals surface area contributed by atoms with E-state index in [0.717, 1.165) is 5.69 Å². The number of sulfonamides is 1. The van der Waals surface area contributed by atoms with E-state index >= 15 is 0 Å². The molecule has 0 atom stereocenters. The highest BCUT2D eigenvalue weighted by Gasteiger charge is 2.15. The summed E-state index contributed by atoms with van der Waals surface area (Å²) in [4.78, 5) is 2.19. The van der Waals surface area contributed by atoms with Crippen molar-refractivity contribution in [3.05, 3.63) is 53.0 Å². The minimum absolute atomic E-state index is 0.201. The summed E-state index contributed by atoms with van der Waals surface area (Å²) in [6.07, 6.45) is 0. The van der Waals surface area contributed by atoms with Crippen LogP contribution in [0.2, 0.25) is 0 Å². The Bertz CT molecular complexity index is 751. The van der Waals surface area contributed by atoms with Crippen molar-refractivity contribution in [1.29, 1.82) is 0 Å². The third-order valence-electron chi connectivity index (χ3n) is 3.37. The van der Waals surface area contributed by atoms with Crippen molar-refractivity contribution in [3.8, 4) is 5.75 Å². The normalized spacial score (nSPS) is 11.3. The predicted octanol–water partition coefficient (Wildman–Crippen LogP) is 2.87. The van der Waals surface area contributed by atoms with Gasteiger partial charge in [-0.05, 0) is 46.3 Å². The first-order valence-corrected chi connectivity index (χ1v) is 9.31. The fourth-order valence-electron chi connectivity index (χ4n) is 2.06. The summed E-state index contributed by atoms with van der Waals surface area (Å²) in [6, 6.07) is 14.5. The topological polar surface area (TPSA) is 58.6 Å². The van der Waals surface area contributed by atoms with E-state index in [1.54, 1.807) is 6.07 Å². The van der Waals surface area contributed by atoms with Crippen LogP contribution >= 0.6 is 15.9 Å². The molecule has 0 spiro atoms. The number of benzene rings is 2. The Morgan fingerprint density at radius 3 is 2.48 bits per heavy atom. The lowest BCUT2D eigenvalue weighted by Gasteiger charge is -2.19. The number of hydrogen-bond acceptors (Lipinski definition) is 4. The highest BCUT2D eigenvalue weighted by atomic mass is 79.9. The molecule has 23 heavy (non-hydrogen) atoms. The maximum atomic E-state index is 12.3. The van der Waals surface area contributed by atoms with Gasteiger partial charge in [-0.3, -0.25) is 0 Å². The molecule has 1 N–H and O–H groups in total. The van der Waals surface area contributed by atoms with Gasteiger partial charge >= 0.3 is 0 Å². The number of anilines is 1. The molecular weight excluding hydrogens is 380 g/mol. The smallest absolute Gasteiger partial charge is 0.240 e. The van der Waals surface area contributed by atoms with E-state index in [0.29, 0.717) is 23.3 Å². The molecule has 0 aliphatic heterocycles. The van der Waals surface area contributed by atoms with E-state index in [4.69, 9.17) is 4.74 Å². The molecule has 0 saturated carbocycles. The molecular formula is C16H19BrN2O3S. The number of methoxy groups -OCH3 is 1. The lowest BCUT2D eigenvalue weighted by Crippen LogP contribution is -2.33. The third kappa shape index (κ3) is 4.70. The van der Waals surface area contributed by atoms with Crippen LogP contribution in [-0.4, -0.2) is 35.7 Å². The van der Waals surface area contributed by atoms with E-state index in [1.165, 1.54) is 19.2 Å². The minimum atomic E-state index is -3.55. The highest BCUT2D eigenvalue weighted by molar-refractivity contribution is 9.10. The van der Waals surface area contributed by atoms with Gasteiger partial charge in [-0.25, -0.2) is 13.1 Å². The van der Waals surface area contributed by atoms with E-state index in [9.17, 15) is 8.42 Å². The van der Waals surface area contributed by atoms with Gasteiger partial charge in [-0.2, -0.15) is 0 Å². The quantitative estimate of drug-likeness (QED) is 0.778. The van der Waals surface area contributed by atoms with Gasteiger partial charge in [0.2, 0.25) is 10.0 Å². The summed E-state index contributed by atoms with van der Waals surface area (Å²) in [6.45, 7) is 0.887. The van der Waals surface area contributed by atoms with Crippen molar-refractivity contribution in [2.45, 2.75) is 4.90 Å². The zero-order valence-electron chi connectivity index (χ0n) is 13.0. The fourth-order valence-corrected chi connectivity index (χ4v) is 3.80. The molecule has 7 heteroatoms. The minimum Gasteiger partial charge on any atom is -0.496 e. The molecule has 0 saturated heterocycles. The monoisotopic (exact) mass is 398 g/mol. The number of rotatable bonds is 7. The van der Waals surface area contributed by atoms with Gasteiger partial charge in [0, 0.05) is 25.8 Å². The summed E-state index contributed by atoms with van der Waals surface area (Å²) in [5, 5.41) is 0. The second kappa shape index (κ2) is 7.81. The molecule has 0 amide bonds. The largest absolute Gasteiger partial charge is 0.496 e. The van der Waals surface area contributed by atoms with Gasteiger partial charge in [0.1, 0.15) is 5.75 Å². The molecule has 2 aromatic carbocycles. The zero-order chi connectivity index (χ0) is 16.9. The Balaban J connectivity index is 1.98. The summed E-state index contributed by atoms with van der Waals surface area (Å²) < 4.78 is 32.9. The van der Waals surface area contributed by atoms with Crippen LogP contribution in [0.15, 0.2) is 57.9 Å².